The van der Waals surface area contributed by atoms with Crippen LogP contribution < -0.4 is 0 Å². The quantitative estimate of drug-likeness (QED) is 0.800. The molecule has 20 heavy (non-hydrogen) atoms. The number of benzene rings is 1. The van der Waals surface area contributed by atoms with E-state index in [1.54, 1.807) is 0 Å². The Hall–Kier alpha value is -1.06. The van der Waals surface area contributed by atoms with E-state index < -0.39 is 0 Å². The summed E-state index contributed by atoms with van der Waals surface area (Å²) in [6.07, 6.45) is 1.36. The fourth-order valence-electron chi connectivity index (χ4n) is 2.50. The number of amides is 1. The van der Waals surface area contributed by atoms with E-state index in [9.17, 15) is 4.79 Å². The summed E-state index contributed by atoms with van der Waals surface area (Å²) in [6, 6.07) is 8.35. The molecule has 0 N–H and O–H groups in total. The normalized spacial score (nSPS) is 22.9. The van der Waals surface area contributed by atoms with Gasteiger partial charge in [0.2, 0.25) is 5.91 Å². The van der Waals surface area contributed by atoms with E-state index in [1.165, 1.54) is 11.1 Å². The largest absolute Gasteiger partial charge is 0.370 e. The maximum Gasteiger partial charge on any atom is 0.223 e. The standard InChI is InChI=1S/C16H22ClNO2/c1-12-3-5-14(6-4-12)7-8-16(19)18-10-13(2)20-15(9-17)11-18/h3-6,13,15H,7-11H2,1-2H3. The lowest BCUT2D eigenvalue weighted by molar-refractivity contribution is -0.142. The minimum absolute atomic E-state index is 0.0382. The lowest BCUT2D eigenvalue weighted by Gasteiger charge is -2.36. The van der Waals surface area contributed by atoms with Gasteiger partial charge in [0.25, 0.3) is 0 Å². The third-order valence-corrected chi connectivity index (χ3v) is 3.94. The molecule has 1 aromatic carbocycles. The first-order valence-corrected chi connectivity index (χ1v) is 7.66. The van der Waals surface area contributed by atoms with Crippen molar-refractivity contribution in [3.05, 3.63) is 35.4 Å². The maximum absolute atomic E-state index is 12.3. The Labute approximate surface area is 125 Å². The SMILES string of the molecule is Cc1ccc(CCC(=O)N2CC(C)OC(CCl)C2)cc1. The zero-order chi connectivity index (χ0) is 14.5. The first-order chi connectivity index (χ1) is 9.58. The zero-order valence-corrected chi connectivity index (χ0v) is 12.9. The maximum atomic E-state index is 12.3. The molecule has 0 aromatic heterocycles. The lowest BCUT2D eigenvalue weighted by atomic mass is 10.1. The van der Waals surface area contributed by atoms with E-state index in [1.807, 2.05) is 11.8 Å². The van der Waals surface area contributed by atoms with Crippen molar-refractivity contribution >= 4 is 17.5 Å². The average molecular weight is 296 g/mol. The van der Waals surface area contributed by atoms with Gasteiger partial charge in [0.05, 0.1) is 18.1 Å². The Morgan fingerprint density at radius 1 is 1.35 bits per heavy atom. The molecule has 3 nitrogen and oxygen atoms in total. The molecular formula is C16H22ClNO2. The van der Waals surface area contributed by atoms with Gasteiger partial charge >= 0.3 is 0 Å². The third-order valence-electron chi connectivity index (χ3n) is 3.60. The van der Waals surface area contributed by atoms with Crippen molar-refractivity contribution in [1.29, 1.82) is 0 Å². The van der Waals surface area contributed by atoms with Crippen molar-refractivity contribution in [1.82, 2.24) is 4.90 Å². The van der Waals surface area contributed by atoms with Gasteiger partial charge in [0.15, 0.2) is 0 Å². The first-order valence-electron chi connectivity index (χ1n) is 7.13. The average Bonchev–Trinajstić information content (AvgIpc) is 2.45. The number of rotatable bonds is 4. The molecule has 110 valence electrons. The van der Waals surface area contributed by atoms with Crippen molar-refractivity contribution < 1.29 is 9.53 Å². The Morgan fingerprint density at radius 2 is 2.05 bits per heavy atom. The van der Waals surface area contributed by atoms with Crippen LogP contribution in [0.5, 0.6) is 0 Å². The van der Waals surface area contributed by atoms with Crippen LogP contribution in [0.1, 0.15) is 24.5 Å². The van der Waals surface area contributed by atoms with Crippen molar-refractivity contribution in [2.75, 3.05) is 19.0 Å². The van der Waals surface area contributed by atoms with E-state index in [0.29, 0.717) is 25.4 Å². The number of ether oxygens (including phenoxy) is 1. The molecule has 0 radical (unpaired) electrons. The van der Waals surface area contributed by atoms with Crippen LogP contribution in [-0.2, 0) is 16.0 Å². The highest BCUT2D eigenvalue weighted by atomic mass is 35.5. The number of hydrogen-bond acceptors (Lipinski definition) is 2. The number of aryl methyl sites for hydroxylation is 2. The fraction of sp³-hybridized carbons (Fsp3) is 0.562. The summed E-state index contributed by atoms with van der Waals surface area (Å²) in [4.78, 5) is 14.2. The van der Waals surface area contributed by atoms with Crippen LogP contribution in [0.15, 0.2) is 24.3 Å². The van der Waals surface area contributed by atoms with Gasteiger partial charge in [0.1, 0.15) is 0 Å². The van der Waals surface area contributed by atoms with Crippen LogP contribution in [0.4, 0.5) is 0 Å². The molecule has 1 saturated heterocycles. The van der Waals surface area contributed by atoms with E-state index in [-0.39, 0.29) is 18.1 Å². The van der Waals surface area contributed by atoms with Crippen LogP contribution in [0.25, 0.3) is 0 Å². The van der Waals surface area contributed by atoms with Crippen molar-refractivity contribution in [2.45, 2.75) is 38.9 Å². The second kappa shape index (κ2) is 7.09. The van der Waals surface area contributed by atoms with Gasteiger partial charge in [-0.3, -0.25) is 4.79 Å². The number of halogens is 1. The monoisotopic (exact) mass is 295 g/mol. The van der Waals surface area contributed by atoms with Crippen LogP contribution >= 0.6 is 11.6 Å². The number of hydrogen-bond donors (Lipinski definition) is 0. The van der Waals surface area contributed by atoms with Gasteiger partial charge < -0.3 is 9.64 Å². The first kappa shape index (κ1) is 15.3. The summed E-state index contributed by atoms with van der Waals surface area (Å²) in [6.45, 7) is 5.33. The minimum atomic E-state index is -0.0382. The van der Waals surface area contributed by atoms with Crippen LogP contribution in [0, 0.1) is 6.92 Å². The highest BCUT2D eigenvalue weighted by Crippen LogP contribution is 2.14. The van der Waals surface area contributed by atoms with Gasteiger partial charge in [-0.2, -0.15) is 0 Å². The Morgan fingerprint density at radius 3 is 2.70 bits per heavy atom. The lowest BCUT2D eigenvalue weighted by Crippen LogP contribution is -2.49. The van der Waals surface area contributed by atoms with E-state index in [2.05, 4.69) is 31.2 Å². The highest BCUT2D eigenvalue weighted by Gasteiger charge is 2.27. The molecule has 1 heterocycles. The molecule has 4 heteroatoms. The molecule has 2 unspecified atom stereocenters. The highest BCUT2D eigenvalue weighted by molar-refractivity contribution is 6.18. The molecule has 1 fully saturated rings. The van der Waals surface area contributed by atoms with Gasteiger partial charge in [-0.05, 0) is 25.8 Å². The number of carbonyl (C=O) groups is 1. The van der Waals surface area contributed by atoms with E-state index in [0.717, 1.165) is 6.42 Å². The molecule has 0 spiro atoms. The molecule has 2 atom stereocenters. The Balaban J connectivity index is 1.86. The summed E-state index contributed by atoms with van der Waals surface area (Å²) < 4.78 is 5.67. The third kappa shape index (κ3) is 4.22. The van der Waals surface area contributed by atoms with Crippen LogP contribution in [0.3, 0.4) is 0 Å². The Bertz CT molecular complexity index is 446. The summed E-state index contributed by atoms with van der Waals surface area (Å²) in [5, 5.41) is 0. The molecule has 1 aliphatic heterocycles. The Kier molecular flexibility index (Phi) is 5.44. The molecule has 1 aromatic rings. The number of nitrogens with zero attached hydrogens (tertiary/aromatic N) is 1. The van der Waals surface area contributed by atoms with E-state index >= 15 is 0 Å². The van der Waals surface area contributed by atoms with Gasteiger partial charge in [-0.15, -0.1) is 11.6 Å². The van der Waals surface area contributed by atoms with E-state index in [4.69, 9.17) is 16.3 Å². The van der Waals surface area contributed by atoms with Crippen molar-refractivity contribution in [3.63, 3.8) is 0 Å². The molecule has 1 amide bonds. The molecule has 0 aliphatic carbocycles. The van der Waals surface area contributed by atoms with Crippen molar-refractivity contribution in [2.24, 2.45) is 0 Å². The topological polar surface area (TPSA) is 29.5 Å². The van der Waals surface area contributed by atoms with Gasteiger partial charge in [-0.25, -0.2) is 0 Å². The molecule has 0 saturated carbocycles. The predicted octanol–water partition coefficient (Wildman–Crippen LogP) is 2.78. The van der Waals surface area contributed by atoms with Crippen LogP contribution in [0.2, 0.25) is 0 Å². The second-order valence-corrected chi connectivity index (χ2v) is 5.82. The minimum Gasteiger partial charge on any atom is -0.370 e. The van der Waals surface area contributed by atoms with Crippen molar-refractivity contribution in [3.8, 4) is 0 Å². The van der Waals surface area contributed by atoms with Gasteiger partial charge in [-0.1, -0.05) is 29.8 Å². The molecule has 2 rings (SSSR count). The zero-order valence-electron chi connectivity index (χ0n) is 12.1. The van der Waals surface area contributed by atoms with Gasteiger partial charge in [0, 0.05) is 19.5 Å². The smallest absolute Gasteiger partial charge is 0.223 e. The van der Waals surface area contributed by atoms with Crippen LogP contribution in [-0.4, -0.2) is 42.0 Å². The molecule has 1 aliphatic rings. The fourth-order valence-corrected chi connectivity index (χ4v) is 2.67. The summed E-state index contributed by atoms with van der Waals surface area (Å²) in [7, 11) is 0. The number of carbonyl (C=O) groups excluding carboxylic acids is 1. The summed E-state index contributed by atoms with van der Waals surface area (Å²) >= 11 is 5.84. The summed E-state index contributed by atoms with van der Waals surface area (Å²) in [5.74, 6) is 0.627. The predicted molar refractivity (Wildman–Crippen MR) is 81.1 cm³/mol. The summed E-state index contributed by atoms with van der Waals surface area (Å²) in [5.41, 5.74) is 2.45. The second-order valence-electron chi connectivity index (χ2n) is 5.51. The number of morpholine rings is 1. The number of alkyl halides is 1. The molecular weight excluding hydrogens is 274 g/mol. The molecule has 0 bridgehead atoms.